The number of fused-ring (bicyclic) bond motifs is 1. The van der Waals surface area contributed by atoms with Crippen LogP contribution in [0.25, 0.3) is 0 Å². The Morgan fingerprint density at radius 3 is 2.37 bits per heavy atom. The molecule has 0 radical (unpaired) electrons. The van der Waals surface area contributed by atoms with Crippen molar-refractivity contribution in [2.24, 2.45) is 0 Å². The summed E-state index contributed by atoms with van der Waals surface area (Å²) in [6, 6.07) is 5.00. The van der Waals surface area contributed by atoms with Crippen LogP contribution in [0.1, 0.15) is 27.0 Å². The first-order valence-electron chi connectivity index (χ1n) is 7.49. The summed E-state index contributed by atoms with van der Waals surface area (Å²) in [6.45, 7) is 0.141. The van der Waals surface area contributed by atoms with Crippen molar-refractivity contribution in [1.29, 1.82) is 0 Å². The van der Waals surface area contributed by atoms with Gasteiger partial charge in [0.25, 0.3) is 5.91 Å². The van der Waals surface area contributed by atoms with Crippen molar-refractivity contribution in [2.75, 3.05) is 5.32 Å². The van der Waals surface area contributed by atoms with Gasteiger partial charge in [0, 0.05) is 5.69 Å². The number of rotatable bonds is 2. The number of halogens is 6. The first kappa shape index (κ1) is 19.2. The van der Waals surface area contributed by atoms with Crippen LogP contribution in [0.15, 0.2) is 36.4 Å². The molecule has 1 aliphatic heterocycles. The first-order valence-corrected chi connectivity index (χ1v) is 7.49. The van der Waals surface area contributed by atoms with E-state index in [1.807, 2.05) is 0 Å². The van der Waals surface area contributed by atoms with Gasteiger partial charge in [0.2, 0.25) is 0 Å². The highest BCUT2D eigenvalue weighted by Crippen LogP contribution is 2.37. The van der Waals surface area contributed by atoms with Crippen LogP contribution in [0.2, 0.25) is 0 Å². The Kier molecular flexibility index (Phi) is 4.68. The maximum absolute atomic E-state index is 13.1. The molecule has 4 nitrogen and oxygen atoms in total. The van der Waals surface area contributed by atoms with Crippen LogP contribution in [0, 0.1) is 0 Å². The van der Waals surface area contributed by atoms with Crippen molar-refractivity contribution >= 4 is 24.2 Å². The van der Waals surface area contributed by atoms with Crippen molar-refractivity contribution in [3.05, 3.63) is 58.7 Å². The predicted molar refractivity (Wildman–Crippen MR) is 83.2 cm³/mol. The molecule has 1 amide bonds. The molecule has 0 aliphatic carbocycles. The Hall–Kier alpha value is -2.53. The fraction of sp³-hybridized carbons (Fsp3) is 0.188. The molecular formula is C16H10BF6NO3. The van der Waals surface area contributed by atoms with Crippen LogP contribution >= 0.6 is 0 Å². The molecule has 1 heterocycles. The number of benzene rings is 2. The number of hydrogen-bond donors (Lipinski definition) is 2. The lowest BCUT2D eigenvalue weighted by molar-refractivity contribution is -0.143. The fourth-order valence-corrected chi connectivity index (χ4v) is 2.64. The molecule has 27 heavy (non-hydrogen) atoms. The van der Waals surface area contributed by atoms with Gasteiger partial charge in [-0.15, -0.1) is 0 Å². The summed E-state index contributed by atoms with van der Waals surface area (Å²) in [6.07, 6.45) is -10.1. The molecule has 0 aromatic heterocycles. The molecule has 2 aromatic carbocycles. The quantitative estimate of drug-likeness (QED) is 0.613. The van der Waals surface area contributed by atoms with E-state index >= 15 is 0 Å². The van der Waals surface area contributed by atoms with Gasteiger partial charge in [-0.1, -0.05) is 6.07 Å². The number of alkyl halides is 6. The monoisotopic (exact) mass is 389 g/mol. The SMILES string of the molecule is O=C(Nc1ccc2c(c1)B(O)OC2)c1ccc(C(F)(F)F)cc1C(F)(F)F. The van der Waals surface area contributed by atoms with E-state index in [4.69, 9.17) is 4.65 Å². The van der Waals surface area contributed by atoms with E-state index in [1.165, 1.54) is 18.2 Å². The number of amides is 1. The molecule has 0 bridgehead atoms. The minimum atomic E-state index is -5.16. The van der Waals surface area contributed by atoms with Gasteiger partial charge < -0.3 is 15.0 Å². The highest BCUT2D eigenvalue weighted by molar-refractivity contribution is 6.61. The second-order valence-corrected chi connectivity index (χ2v) is 5.79. The highest BCUT2D eigenvalue weighted by Gasteiger charge is 2.39. The fourth-order valence-electron chi connectivity index (χ4n) is 2.64. The van der Waals surface area contributed by atoms with Gasteiger partial charge in [0.05, 0.1) is 23.3 Å². The van der Waals surface area contributed by atoms with Crippen LogP contribution in [0.5, 0.6) is 0 Å². The Labute approximate surface area is 148 Å². The molecule has 1 aliphatic rings. The lowest BCUT2D eigenvalue weighted by Crippen LogP contribution is -2.28. The average molecular weight is 389 g/mol. The second-order valence-electron chi connectivity index (χ2n) is 5.79. The van der Waals surface area contributed by atoms with E-state index in [0.29, 0.717) is 23.2 Å². The third-order valence-corrected chi connectivity index (χ3v) is 3.96. The van der Waals surface area contributed by atoms with Crippen LogP contribution in [0.3, 0.4) is 0 Å². The summed E-state index contributed by atoms with van der Waals surface area (Å²) in [4.78, 5) is 12.2. The Balaban J connectivity index is 1.94. The molecule has 2 N–H and O–H groups in total. The number of carbonyl (C=O) groups excluding carboxylic acids is 1. The van der Waals surface area contributed by atoms with Crippen LogP contribution in [0.4, 0.5) is 32.0 Å². The standard InChI is InChI=1S/C16H10BF6NO3/c18-15(19,20)9-2-4-11(12(5-9)16(21,22)23)14(25)24-10-3-1-8-7-27-17(26)13(8)6-10/h1-6,26H,7H2,(H,24,25). The Morgan fingerprint density at radius 2 is 1.74 bits per heavy atom. The van der Waals surface area contributed by atoms with Gasteiger partial charge in [0.15, 0.2) is 0 Å². The molecule has 2 aromatic rings. The van der Waals surface area contributed by atoms with E-state index in [-0.39, 0.29) is 18.4 Å². The van der Waals surface area contributed by atoms with Gasteiger partial charge in [-0.3, -0.25) is 4.79 Å². The van der Waals surface area contributed by atoms with Gasteiger partial charge >= 0.3 is 19.5 Å². The molecule has 0 fully saturated rings. The molecule has 0 unspecified atom stereocenters. The van der Waals surface area contributed by atoms with Gasteiger partial charge in [-0.2, -0.15) is 26.3 Å². The zero-order valence-electron chi connectivity index (χ0n) is 13.3. The lowest BCUT2D eigenvalue weighted by Gasteiger charge is -2.16. The number of anilines is 1. The topological polar surface area (TPSA) is 58.6 Å². The third-order valence-electron chi connectivity index (χ3n) is 3.96. The number of hydrogen-bond acceptors (Lipinski definition) is 3. The summed E-state index contributed by atoms with van der Waals surface area (Å²) in [5.74, 6) is -1.23. The maximum Gasteiger partial charge on any atom is 0.491 e. The van der Waals surface area contributed by atoms with Crippen molar-refractivity contribution in [3.63, 3.8) is 0 Å². The van der Waals surface area contributed by atoms with E-state index < -0.39 is 42.1 Å². The molecule has 0 spiro atoms. The number of nitrogens with one attached hydrogen (secondary N) is 1. The third kappa shape index (κ3) is 3.93. The van der Waals surface area contributed by atoms with E-state index in [0.717, 1.165) is 0 Å². The van der Waals surface area contributed by atoms with Gasteiger partial charge in [0.1, 0.15) is 0 Å². The van der Waals surface area contributed by atoms with Gasteiger partial charge in [-0.25, -0.2) is 0 Å². The lowest BCUT2D eigenvalue weighted by atomic mass is 9.79. The summed E-state index contributed by atoms with van der Waals surface area (Å²) < 4.78 is 82.5. The van der Waals surface area contributed by atoms with Crippen LogP contribution in [-0.2, 0) is 23.6 Å². The van der Waals surface area contributed by atoms with E-state index in [1.54, 1.807) is 0 Å². The van der Waals surface area contributed by atoms with Crippen molar-refractivity contribution in [2.45, 2.75) is 19.0 Å². The largest absolute Gasteiger partial charge is 0.491 e. The zero-order valence-corrected chi connectivity index (χ0v) is 13.3. The normalized spacial score (nSPS) is 14.3. The molecule has 0 saturated carbocycles. The van der Waals surface area contributed by atoms with E-state index in [9.17, 15) is 36.2 Å². The molecule has 142 valence electrons. The Morgan fingerprint density at radius 1 is 1.04 bits per heavy atom. The molecular weight excluding hydrogens is 379 g/mol. The minimum absolute atomic E-state index is 0.0660. The first-order chi connectivity index (χ1) is 12.5. The van der Waals surface area contributed by atoms with Crippen LogP contribution in [-0.4, -0.2) is 18.0 Å². The van der Waals surface area contributed by atoms with Crippen molar-refractivity contribution in [3.8, 4) is 0 Å². The summed E-state index contributed by atoms with van der Waals surface area (Å²) in [7, 11) is -1.23. The second kappa shape index (κ2) is 6.57. The molecule has 11 heteroatoms. The highest BCUT2D eigenvalue weighted by atomic mass is 19.4. The summed E-state index contributed by atoms with van der Waals surface area (Å²) in [5, 5.41) is 11.8. The van der Waals surface area contributed by atoms with Crippen molar-refractivity contribution in [1.82, 2.24) is 0 Å². The van der Waals surface area contributed by atoms with Crippen LogP contribution < -0.4 is 10.8 Å². The average Bonchev–Trinajstić information content (AvgIpc) is 2.93. The maximum atomic E-state index is 13.1. The zero-order chi connectivity index (χ0) is 20.0. The summed E-state index contributed by atoms with van der Waals surface area (Å²) in [5.41, 5.74) is -3.10. The smallest absolute Gasteiger partial charge is 0.423 e. The van der Waals surface area contributed by atoms with E-state index in [2.05, 4.69) is 5.32 Å². The minimum Gasteiger partial charge on any atom is -0.423 e. The van der Waals surface area contributed by atoms with Gasteiger partial charge in [-0.05, 0) is 41.4 Å². The summed E-state index contributed by atoms with van der Waals surface area (Å²) >= 11 is 0. The number of carbonyl (C=O) groups is 1. The molecule has 0 saturated heterocycles. The predicted octanol–water partition coefficient (Wildman–Crippen LogP) is 3.19. The Bertz CT molecular complexity index is 897. The molecule has 0 atom stereocenters. The molecule has 3 rings (SSSR count). The van der Waals surface area contributed by atoms with Crippen molar-refractivity contribution < 1.29 is 40.8 Å².